The maximum atomic E-state index is 12.1. The number of rotatable bonds is 8. The predicted molar refractivity (Wildman–Crippen MR) is 88.9 cm³/mol. The van der Waals surface area contributed by atoms with Crippen molar-refractivity contribution in [1.82, 2.24) is 9.62 Å². The number of likely N-dealkylation sites (tertiary alicyclic amines) is 1. The first-order chi connectivity index (χ1) is 10.9. The van der Waals surface area contributed by atoms with Crippen molar-refractivity contribution in [2.24, 2.45) is 0 Å². The van der Waals surface area contributed by atoms with Crippen molar-refractivity contribution >= 4 is 15.9 Å². The van der Waals surface area contributed by atoms with Gasteiger partial charge in [0.05, 0.1) is 5.75 Å². The maximum Gasteiger partial charge on any atom is 0.224 e. The molecule has 1 N–H and O–H groups in total. The van der Waals surface area contributed by atoms with Gasteiger partial charge in [-0.25, -0.2) is 13.1 Å². The second-order valence-electron chi connectivity index (χ2n) is 5.84. The number of benzene rings is 1. The predicted octanol–water partition coefficient (Wildman–Crippen LogP) is 1.30. The minimum Gasteiger partial charge on any atom is -0.492 e. The molecule has 23 heavy (non-hydrogen) atoms. The number of amides is 1. The molecule has 1 aliphatic rings. The van der Waals surface area contributed by atoms with Gasteiger partial charge in [-0.3, -0.25) is 4.79 Å². The third kappa shape index (κ3) is 5.51. The summed E-state index contributed by atoms with van der Waals surface area (Å²) in [7, 11) is -3.46. The highest BCUT2D eigenvalue weighted by Gasteiger charge is 2.31. The molecular formula is C16H24N2O4S. The summed E-state index contributed by atoms with van der Waals surface area (Å²) >= 11 is 0. The summed E-state index contributed by atoms with van der Waals surface area (Å²) < 4.78 is 32.2. The Bertz CT molecular complexity index is 628. The molecule has 1 saturated heterocycles. The molecular weight excluding hydrogens is 316 g/mol. The van der Waals surface area contributed by atoms with Crippen molar-refractivity contribution in [3.05, 3.63) is 29.8 Å². The molecule has 0 spiro atoms. The zero-order valence-corrected chi connectivity index (χ0v) is 14.4. The van der Waals surface area contributed by atoms with Crippen LogP contribution in [0.4, 0.5) is 0 Å². The van der Waals surface area contributed by atoms with E-state index in [1.807, 2.05) is 38.1 Å². The Kier molecular flexibility index (Phi) is 6.01. The zero-order valence-electron chi connectivity index (χ0n) is 13.6. The van der Waals surface area contributed by atoms with Gasteiger partial charge in [0.2, 0.25) is 15.9 Å². The SMILES string of the molecule is CCCN1CC(NS(=O)(=O)CCOc2ccc(C)cc2)CC1=O. The van der Waals surface area contributed by atoms with E-state index in [9.17, 15) is 13.2 Å². The average molecular weight is 340 g/mol. The highest BCUT2D eigenvalue weighted by atomic mass is 32.2. The van der Waals surface area contributed by atoms with E-state index in [4.69, 9.17) is 4.74 Å². The molecule has 1 aromatic rings. The van der Waals surface area contributed by atoms with E-state index in [-0.39, 0.29) is 30.7 Å². The number of carbonyl (C=O) groups excluding carboxylic acids is 1. The van der Waals surface area contributed by atoms with E-state index in [1.165, 1.54) is 0 Å². The van der Waals surface area contributed by atoms with E-state index in [0.29, 0.717) is 18.8 Å². The smallest absolute Gasteiger partial charge is 0.224 e. The number of hydrogen-bond donors (Lipinski definition) is 1. The molecule has 1 unspecified atom stereocenters. The molecule has 1 atom stereocenters. The molecule has 0 bridgehead atoms. The Morgan fingerprint density at radius 2 is 2.00 bits per heavy atom. The Labute approximate surface area is 137 Å². The van der Waals surface area contributed by atoms with Gasteiger partial charge in [0.1, 0.15) is 12.4 Å². The standard InChI is InChI=1S/C16H24N2O4S/c1-3-8-18-12-14(11-16(18)19)17-23(20,21)10-9-22-15-6-4-13(2)5-7-15/h4-7,14,17H,3,8-12H2,1-2H3. The molecule has 1 amide bonds. The Morgan fingerprint density at radius 1 is 1.30 bits per heavy atom. The minimum atomic E-state index is -3.46. The van der Waals surface area contributed by atoms with E-state index in [1.54, 1.807) is 4.90 Å². The lowest BCUT2D eigenvalue weighted by Gasteiger charge is -2.16. The molecule has 1 fully saturated rings. The van der Waals surface area contributed by atoms with Crippen molar-refractivity contribution in [2.45, 2.75) is 32.7 Å². The number of ether oxygens (including phenoxy) is 1. The molecule has 1 aromatic carbocycles. The van der Waals surface area contributed by atoms with E-state index in [0.717, 1.165) is 12.0 Å². The van der Waals surface area contributed by atoms with Crippen LogP contribution in [0, 0.1) is 6.92 Å². The molecule has 7 heteroatoms. The summed E-state index contributed by atoms with van der Waals surface area (Å²) in [6.45, 7) is 5.17. The second-order valence-corrected chi connectivity index (χ2v) is 7.71. The summed E-state index contributed by atoms with van der Waals surface area (Å²) in [6, 6.07) is 7.11. The first kappa shape index (κ1) is 17.7. The first-order valence-electron chi connectivity index (χ1n) is 7.87. The number of nitrogens with one attached hydrogen (secondary N) is 1. The molecule has 6 nitrogen and oxygen atoms in total. The number of nitrogens with zero attached hydrogens (tertiary/aromatic N) is 1. The van der Waals surface area contributed by atoms with Crippen LogP contribution >= 0.6 is 0 Å². The van der Waals surface area contributed by atoms with Crippen LogP contribution in [-0.2, 0) is 14.8 Å². The lowest BCUT2D eigenvalue weighted by atomic mass is 10.2. The van der Waals surface area contributed by atoms with Gasteiger partial charge >= 0.3 is 0 Å². The van der Waals surface area contributed by atoms with Gasteiger partial charge in [0.25, 0.3) is 0 Å². The molecule has 128 valence electrons. The molecule has 1 aliphatic heterocycles. The Morgan fingerprint density at radius 3 is 2.65 bits per heavy atom. The fourth-order valence-corrected chi connectivity index (χ4v) is 3.64. The number of carbonyl (C=O) groups is 1. The molecule has 0 aromatic heterocycles. The Balaban J connectivity index is 1.78. The van der Waals surface area contributed by atoms with E-state index >= 15 is 0 Å². The summed E-state index contributed by atoms with van der Waals surface area (Å²) in [4.78, 5) is 13.5. The van der Waals surface area contributed by atoms with Gasteiger partial charge in [-0.2, -0.15) is 0 Å². The van der Waals surface area contributed by atoms with Crippen molar-refractivity contribution in [3.8, 4) is 5.75 Å². The molecule has 0 radical (unpaired) electrons. The van der Waals surface area contributed by atoms with Gasteiger partial charge in [0, 0.05) is 25.6 Å². The van der Waals surface area contributed by atoms with Gasteiger partial charge in [-0.05, 0) is 25.5 Å². The molecule has 1 heterocycles. The van der Waals surface area contributed by atoms with Crippen LogP contribution in [0.15, 0.2) is 24.3 Å². The fourth-order valence-electron chi connectivity index (χ4n) is 2.55. The normalized spacial score (nSPS) is 18.4. The Hall–Kier alpha value is -1.60. The van der Waals surface area contributed by atoms with Crippen molar-refractivity contribution in [3.63, 3.8) is 0 Å². The van der Waals surface area contributed by atoms with Crippen LogP contribution in [0.2, 0.25) is 0 Å². The minimum absolute atomic E-state index is 0.00968. The van der Waals surface area contributed by atoms with Gasteiger partial charge in [-0.1, -0.05) is 24.6 Å². The zero-order chi connectivity index (χ0) is 16.9. The third-order valence-corrected chi connectivity index (χ3v) is 5.09. The highest BCUT2D eigenvalue weighted by molar-refractivity contribution is 7.89. The average Bonchev–Trinajstić information content (AvgIpc) is 2.80. The van der Waals surface area contributed by atoms with Gasteiger partial charge < -0.3 is 9.64 Å². The molecule has 2 rings (SSSR count). The topological polar surface area (TPSA) is 75.7 Å². The second kappa shape index (κ2) is 7.79. The van der Waals surface area contributed by atoms with Crippen molar-refractivity contribution in [1.29, 1.82) is 0 Å². The number of sulfonamides is 1. The van der Waals surface area contributed by atoms with Crippen LogP contribution in [0.3, 0.4) is 0 Å². The van der Waals surface area contributed by atoms with Crippen LogP contribution < -0.4 is 9.46 Å². The van der Waals surface area contributed by atoms with E-state index in [2.05, 4.69) is 4.72 Å². The van der Waals surface area contributed by atoms with Crippen molar-refractivity contribution < 1.29 is 17.9 Å². The highest BCUT2D eigenvalue weighted by Crippen LogP contribution is 2.13. The summed E-state index contributed by atoms with van der Waals surface area (Å²) in [5.41, 5.74) is 1.12. The summed E-state index contributed by atoms with van der Waals surface area (Å²) in [5, 5.41) is 0. The summed E-state index contributed by atoms with van der Waals surface area (Å²) in [5.74, 6) is 0.533. The third-order valence-electron chi connectivity index (χ3n) is 3.70. The van der Waals surface area contributed by atoms with Crippen molar-refractivity contribution in [2.75, 3.05) is 25.4 Å². The van der Waals surface area contributed by atoms with Gasteiger partial charge in [0.15, 0.2) is 0 Å². The maximum absolute atomic E-state index is 12.1. The summed E-state index contributed by atoms with van der Waals surface area (Å²) in [6.07, 6.45) is 1.10. The lowest BCUT2D eigenvalue weighted by molar-refractivity contribution is -0.127. The van der Waals surface area contributed by atoms with Crippen LogP contribution in [0.5, 0.6) is 5.75 Å². The van der Waals surface area contributed by atoms with Crippen LogP contribution in [0.1, 0.15) is 25.3 Å². The molecule has 0 saturated carbocycles. The first-order valence-corrected chi connectivity index (χ1v) is 9.52. The quantitative estimate of drug-likeness (QED) is 0.774. The van der Waals surface area contributed by atoms with Crippen LogP contribution in [0.25, 0.3) is 0 Å². The number of hydrogen-bond acceptors (Lipinski definition) is 4. The fraction of sp³-hybridized carbons (Fsp3) is 0.562. The molecule has 0 aliphatic carbocycles. The van der Waals surface area contributed by atoms with Crippen LogP contribution in [-0.4, -0.2) is 50.7 Å². The lowest BCUT2D eigenvalue weighted by Crippen LogP contribution is -2.39. The largest absolute Gasteiger partial charge is 0.492 e. The van der Waals surface area contributed by atoms with Gasteiger partial charge in [-0.15, -0.1) is 0 Å². The number of aryl methyl sites for hydroxylation is 1. The monoisotopic (exact) mass is 340 g/mol. The van der Waals surface area contributed by atoms with E-state index < -0.39 is 10.0 Å².